The minimum atomic E-state index is -0.941. The summed E-state index contributed by atoms with van der Waals surface area (Å²) in [6.45, 7) is 7.76. The van der Waals surface area contributed by atoms with Gasteiger partial charge in [0.2, 0.25) is 0 Å². The van der Waals surface area contributed by atoms with E-state index in [1.165, 1.54) is 0 Å². The Kier molecular flexibility index (Phi) is 3.92. The van der Waals surface area contributed by atoms with E-state index in [2.05, 4.69) is 0 Å². The van der Waals surface area contributed by atoms with Crippen LogP contribution in [-0.2, 0) is 0 Å². The van der Waals surface area contributed by atoms with Crippen molar-refractivity contribution in [1.82, 2.24) is 0 Å². The second-order valence-electron chi connectivity index (χ2n) is 3.34. The highest BCUT2D eigenvalue weighted by Gasteiger charge is 2.27. The molecule has 0 spiro atoms. The topological polar surface area (TPSA) is 0 Å². The Morgan fingerprint density at radius 3 is 2.20 bits per heavy atom. The van der Waals surface area contributed by atoms with Crippen molar-refractivity contribution in [2.24, 2.45) is 5.92 Å². The second kappa shape index (κ2) is 3.95. The Morgan fingerprint density at radius 2 is 1.90 bits per heavy atom. The average Bonchev–Trinajstić information content (AvgIpc) is 1.86. The molecule has 0 nitrogen and oxygen atoms in total. The number of hydrogen-bond donors (Lipinski definition) is 0. The van der Waals surface area contributed by atoms with E-state index in [1.54, 1.807) is 6.92 Å². The summed E-state index contributed by atoms with van der Waals surface area (Å²) in [6.07, 6.45) is 2.58. The highest BCUT2D eigenvalue weighted by Crippen LogP contribution is 2.28. The van der Waals surface area contributed by atoms with E-state index in [1.807, 2.05) is 20.8 Å². The lowest BCUT2D eigenvalue weighted by atomic mass is 9.87. The van der Waals surface area contributed by atoms with Gasteiger partial charge in [-0.15, -0.1) is 0 Å². The fourth-order valence-corrected chi connectivity index (χ4v) is 1.16. The zero-order valence-electron chi connectivity index (χ0n) is 7.58. The third-order valence-corrected chi connectivity index (χ3v) is 2.38. The van der Waals surface area contributed by atoms with Crippen LogP contribution in [0.25, 0.3) is 0 Å². The van der Waals surface area contributed by atoms with E-state index in [0.717, 1.165) is 12.8 Å². The normalized spacial score (nSPS) is 20.1. The molecule has 0 radical (unpaired) electrons. The van der Waals surface area contributed by atoms with Crippen molar-refractivity contribution < 1.29 is 4.39 Å². The Balaban J connectivity index is 3.82. The summed E-state index contributed by atoms with van der Waals surface area (Å²) in [4.78, 5) is 0. The summed E-state index contributed by atoms with van der Waals surface area (Å²) in [5, 5.41) is 0. The molecule has 10 heavy (non-hydrogen) atoms. The molecule has 0 fully saturated rings. The monoisotopic (exact) mass is 146 g/mol. The molecule has 0 saturated heterocycles. The average molecular weight is 146 g/mol. The molecule has 0 rings (SSSR count). The fraction of sp³-hybridized carbons (Fsp3) is 1.00. The van der Waals surface area contributed by atoms with Crippen molar-refractivity contribution in [1.29, 1.82) is 0 Å². The molecule has 0 aromatic rings. The lowest BCUT2D eigenvalue weighted by Crippen LogP contribution is -2.26. The first-order valence-electron chi connectivity index (χ1n) is 4.23. The first-order valence-corrected chi connectivity index (χ1v) is 4.23. The van der Waals surface area contributed by atoms with Crippen LogP contribution >= 0.6 is 0 Å². The Bertz CT molecular complexity index is 86.7. The summed E-state index contributed by atoms with van der Waals surface area (Å²) in [6, 6.07) is 0. The number of hydrogen-bond acceptors (Lipinski definition) is 0. The lowest BCUT2D eigenvalue weighted by Gasteiger charge is -2.26. The zero-order valence-corrected chi connectivity index (χ0v) is 7.58. The highest BCUT2D eigenvalue weighted by atomic mass is 19.1. The van der Waals surface area contributed by atoms with Gasteiger partial charge in [0.05, 0.1) is 0 Å². The second-order valence-corrected chi connectivity index (χ2v) is 3.34. The van der Waals surface area contributed by atoms with Crippen LogP contribution in [0.2, 0.25) is 0 Å². The van der Waals surface area contributed by atoms with Gasteiger partial charge in [0.15, 0.2) is 0 Å². The molecule has 0 aromatic heterocycles. The van der Waals surface area contributed by atoms with Gasteiger partial charge in [-0.25, -0.2) is 4.39 Å². The van der Waals surface area contributed by atoms with Gasteiger partial charge < -0.3 is 0 Å². The molecule has 0 aliphatic heterocycles. The van der Waals surface area contributed by atoms with Gasteiger partial charge in [-0.3, -0.25) is 0 Å². The maximum atomic E-state index is 13.5. The van der Waals surface area contributed by atoms with Crippen LogP contribution in [-0.4, -0.2) is 5.67 Å². The van der Waals surface area contributed by atoms with Gasteiger partial charge in [-0.2, -0.15) is 0 Å². The summed E-state index contributed by atoms with van der Waals surface area (Å²) in [5.74, 6) is 0.201. The van der Waals surface area contributed by atoms with Crippen molar-refractivity contribution in [3.8, 4) is 0 Å². The van der Waals surface area contributed by atoms with Gasteiger partial charge in [0.25, 0.3) is 0 Å². The molecule has 0 aromatic carbocycles. The molecular formula is C9H19F. The van der Waals surface area contributed by atoms with Crippen LogP contribution in [0.5, 0.6) is 0 Å². The number of halogens is 1. The first-order chi connectivity index (χ1) is 4.54. The predicted octanol–water partition coefficient (Wildman–Crippen LogP) is 3.56. The van der Waals surface area contributed by atoms with Gasteiger partial charge >= 0.3 is 0 Å². The maximum absolute atomic E-state index is 13.5. The molecule has 0 amide bonds. The van der Waals surface area contributed by atoms with E-state index < -0.39 is 5.67 Å². The number of rotatable bonds is 4. The van der Waals surface area contributed by atoms with Crippen molar-refractivity contribution in [3.63, 3.8) is 0 Å². The quantitative estimate of drug-likeness (QED) is 0.569. The minimum Gasteiger partial charge on any atom is -0.244 e. The first kappa shape index (κ1) is 9.93. The van der Waals surface area contributed by atoms with Gasteiger partial charge in [-0.05, 0) is 19.3 Å². The SMILES string of the molecule is CCCC(C)(F)C(C)CC. The molecule has 62 valence electrons. The van der Waals surface area contributed by atoms with Gasteiger partial charge in [0, 0.05) is 0 Å². The van der Waals surface area contributed by atoms with Crippen molar-refractivity contribution in [2.75, 3.05) is 0 Å². The lowest BCUT2D eigenvalue weighted by molar-refractivity contribution is 0.0979. The van der Waals surface area contributed by atoms with Crippen LogP contribution in [0.4, 0.5) is 4.39 Å². The van der Waals surface area contributed by atoms with E-state index in [9.17, 15) is 4.39 Å². The van der Waals surface area contributed by atoms with Crippen molar-refractivity contribution in [2.45, 2.75) is 52.6 Å². The molecule has 2 atom stereocenters. The standard InChI is InChI=1S/C9H19F/c1-5-7-9(4,10)8(3)6-2/h8H,5-7H2,1-4H3. The van der Waals surface area contributed by atoms with Crippen molar-refractivity contribution >= 4 is 0 Å². The smallest absolute Gasteiger partial charge is 0.110 e. The van der Waals surface area contributed by atoms with Crippen LogP contribution in [0, 0.1) is 5.92 Å². The Labute approximate surface area is 63.8 Å². The zero-order chi connectivity index (χ0) is 8.20. The largest absolute Gasteiger partial charge is 0.244 e. The van der Waals surface area contributed by atoms with E-state index in [4.69, 9.17) is 0 Å². The van der Waals surface area contributed by atoms with E-state index in [0.29, 0.717) is 6.42 Å². The van der Waals surface area contributed by atoms with Crippen molar-refractivity contribution in [3.05, 3.63) is 0 Å². The molecule has 0 heterocycles. The molecule has 0 bridgehead atoms. The third-order valence-electron chi connectivity index (χ3n) is 2.38. The Hall–Kier alpha value is -0.0700. The molecular weight excluding hydrogens is 127 g/mol. The maximum Gasteiger partial charge on any atom is 0.110 e. The van der Waals surface area contributed by atoms with Gasteiger partial charge in [0.1, 0.15) is 5.67 Å². The van der Waals surface area contributed by atoms with E-state index in [-0.39, 0.29) is 5.92 Å². The van der Waals surface area contributed by atoms with Crippen LogP contribution in [0.3, 0.4) is 0 Å². The summed E-state index contributed by atoms with van der Waals surface area (Å²) < 4.78 is 13.5. The van der Waals surface area contributed by atoms with Crippen LogP contribution < -0.4 is 0 Å². The van der Waals surface area contributed by atoms with Crippen LogP contribution in [0.15, 0.2) is 0 Å². The molecule has 0 saturated carbocycles. The summed E-state index contributed by atoms with van der Waals surface area (Å²) in [7, 11) is 0. The number of alkyl halides is 1. The molecule has 0 aliphatic rings. The minimum absolute atomic E-state index is 0.201. The van der Waals surface area contributed by atoms with E-state index >= 15 is 0 Å². The fourth-order valence-electron chi connectivity index (χ4n) is 1.16. The summed E-state index contributed by atoms with van der Waals surface area (Å²) in [5.41, 5.74) is -0.941. The third kappa shape index (κ3) is 2.68. The molecule has 0 N–H and O–H groups in total. The summed E-state index contributed by atoms with van der Waals surface area (Å²) >= 11 is 0. The molecule has 1 heteroatoms. The predicted molar refractivity (Wildman–Crippen MR) is 43.9 cm³/mol. The van der Waals surface area contributed by atoms with Gasteiger partial charge in [-0.1, -0.05) is 33.6 Å². The highest BCUT2D eigenvalue weighted by molar-refractivity contribution is 4.77. The molecule has 0 aliphatic carbocycles. The van der Waals surface area contributed by atoms with Crippen LogP contribution in [0.1, 0.15) is 47.0 Å². The molecule has 2 unspecified atom stereocenters. The Morgan fingerprint density at radius 1 is 1.40 bits per heavy atom.